The van der Waals surface area contributed by atoms with Crippen LogP contribution in [-0.4, -0.2) is 17.5 Å². The highest BCUT2D eigenvalue weighted by molar-refractivity contribution is 5.88. The first kappa shape index (κ1) is 13.6. The fourth-order valence-electron chi connectivity index (χ4n) is 1.63. The molecule has 0 aromatic rings. The third-order valence-corrected chi connectivity index (χ3v) is 2.49. The van der Waals surface area contributed by atoms with Crippen molar-refractivity contribution in [2.75, 3.05) is 0 Å². The highest BCUT2D eigenvalue weighted by atomic mass is 16.5. The van der Waals surface area contributed by atoms with E-state index in [2.05, 4.69) is 13.8 Å². The van der Waals surface area contributed by atoms with E-state index in [4.69, 9.17) is 4.74 Å². The average Bonchev–Trinajstić information content (AvgIpc) is 2.12. The summed E-state index contributed by atoms with van der Waals surface area (Å²) in [4.78, 5) is 11.8. The zero-order valence-electron chi connectivity index (χ0n) is 10.4. The van der Waals surface area contributed by atoms with Crippen LogP contribution in [0.2, 0.25) is 0 Å². The minimum Gasteiger partial charge on any atom is -0.365 e. The predicted octanol–water partition coefficient (Wildman–Crippen LogP) is 3.20. The Bertz CT molecular complexity index is 179. The highest BCUT2D eigenvalue weighted by Gasteiger charge is 2.32. The van der Waals surface area contributed by atoms with Gasteiger partial charge in [0.2, 0.25) is 0 Å². The molecule has 0 aromatic carbocycles. The van der Waals surface area contributed by atoms with Gasteiger partial charge >= 0.3 is 0 Å². The molecule has 0 fully saturated rings. The van der Waals surface area contributed by atoms with Gasteiger partial charge in [0.1, 0.15) is 5.60 Å². The summed E-state index contributed by atoms with van der Waals surface area (Å²) in [6.07, 6.45) is 2.13. The summed E-state index contributed by atoms with van der Waals surface area (Å²) in [5.74, 6) is 0.226. The number of ether oxygens (including phenoxy) is 1. The molecular formula is C12H24O2. The van der Waals surface area contributed by atoms with Crippen molar-refractivity contribution in [2.45, 2.75) is 66.1 Å². The van der Waals surface area contributed by atoms with Gasteiger partial charge in [-0.15, -0.1) is 0 Å². The van der Waals surface area contributed by atoms with Crippen LogP contribution in [0.4, 0.5) is 0 Å². The second kappa shape index (κ2) is 5.50. The van der Waals surface area contributed by atoms with Gasteiger partial charge in [-0.05, 0) is 26.7 Å². The van der Waals surface area contributed by atoms with Gasteiger partial charge < -0.3 is 4.74 Å². The molecule has 0 aromatic heterocycles. The van der Waals surface area contributed by atoms with Crippen molar-refractivity contribution in [3.63, 3.8) is 0 Å². The number of carbonyl (C=O) groups is 1. The van der Waals surface area contributed by atoms with Crippen molar-refractivity contribution in [2.24, 2.45) is 5.92 Å². The molecule has 0 saturated carbocycles. The van der Waals surface area contributed by atoms with E-state index in [0.717, 1.165) is 12.8 Å². The molecule has 0 amide bonds. The summed E-state index contributed by atoms with van der Waals surface area (Å²) in [7, 11) is 0. The Morgan fingerprint density at radius 3 is 1.93 bits per heavy atom. The quantitative estimate of drug-likeness (QED) is 0.658. The summed E-state index contributed by atoms with van der Waals surface area (Å²) in [6.45, 7) is 11.7. The zero-order chi connectivity index (χ0) is 11.4. The molecule has 0 heterocycles. The molecule has 84 valence electrons. The molecule has 0 aliphatic heterocycles. The highest BCUT2D eigenvalue weighted by Crippen LogP contribution is 2.20. The maximum absolute atomic E-state index is 11.8. The number of Topliss-reactive ketones (excluding diaryl/α,β-unsaturated/α-hetero) is 1. The van der Waals surface area contributed by atoms with Crippen molar-refractivity contribution in [1.82, 2.24) is 0 Å². The Kier molecular flexibility index (Phi) is 5.35. The smallest absolute Gasteiger partial charge is 0.166 e. The van der Waals surface area contributed by atoms with Gasteiger partial charge in [-0.3, -0.25) is 4.79 Å². The van der Waals surface area contributed by atoms with Crippen molar-refractivity contribution in [1.29, 1.82) is 0 Å². The number of rotatable bonds is 6. The SMILES string of the molecule is CCC(CC)OC(C)(C)C(=O)C(C)C. The van der Waals surface area contributed by atoms with E-state index < -0.39 is 5.60 Å². The van der Waals surface area contributed by atoms with E-state index in [1.165, 1.54) is 0 Å². The van der Waals surface area contributed by atoms with Crippen molar-refractivity contribution in [3.8, 4) is 0 Å². The Balaban J connectivity index is 4.38. The van der Waals surface area contributed by atoms with Gasteiger partial charge in [0.15, 0.2) is 5.78 Å². The topological polar surface area (TPSA) is 26.3 Å². The van der Waals surface area contributed by atoms with Crippen LogP contribution < -0.4 is 0 Å². The van der Waals surface area contributed by atoms with Gasteiger partial charge in [0.25, 0.3) is 0 Å². The molecule has 0 rings (SSSR count). The Hall–Kier alpha value is -0.370. The molecule has 14 heavy (non-hydrogen) atoms. The van der Waals surface area contributed by atoms with E-state index in [0.29, 0.717) is 0 Å². The van der Waals surface area contributed by atoms with Gasteiger partial charge in [-0.1, -0.05) is 27.7 Å². The minimum absolute atomic E-state index is 0.0411. The molecule has 2 nitrogen and oxygen atoms in total. The molecule has 0 spiro atoms. The summed E-state index contributed by atoms with van der Waals surface area (Å²) < 4.78 is 5.81. The fraction of sp³-hybridized carbons (Fsp3) is 0.917. The van der Waals surface area contributed by atoms with Crippen molar-refractivity contribution >= 4 is 5.78 Å². The van der Waals surface area contributed by atoms with Crippen LogP contribution in [0.5, 0.6) is 0 Å². The molecule has 0 atom stereocenters. The summed E-state index contributed by atoms with van der Waals surface area (Å²) in [5.41, 5.74) is -0.634. The maximum atomic E-state index is 11.8. The van der Waals surface area contributed by atoms with Crippen LogP contribution in [0, 0.1) is 5.92 Å². The zero-order valence-corrected chi connectivity index (χ0v) is 10.4. The Morgan fingerprint density at radius 1 is 1.21 bits per heavy atom. The van der Waals surface area contributed by atoms with Crippen LogP contribution >= 0.6 is 0 Å². The molecule has 2 heteroatoms. The lowest BCUT2D eigenvalue weighted by atomic mass is 9.93. The van der Waals surface area contributed by atoms with Gasteiger partial charge in [-0.25, -0.2) is 0 Å². The summed E-state index contributed by atoms with van der Waals surface area (Å²) in [5, 5.41) is 0. The van der Waals surface area contributed by atoms with Gasteiger partial charge in [0.05, 0.1) is 6.10 Å². The van der Waals surface area contributed by atoms with Crippen LogP contribution in [0.25, 0.3) is 0 Å². The molecule has 0 aliphatic rings. The molecule has 0 N–H and O–H groups in total. The van der Waals surface area contributed by atoms with E-state index in [9.17, 15) is 4.79 Å². The predicted molar refractivity (Wildman–Crippen MR) is 59.4 cm³/mol. The van der Waals surface area contributed by atoms with Crippen LogP contribution in [0.1, 0.15) is 54.4 Å². The minimum atomic E-state index is -0.634. The normalized spacial score (nSPS) is 12.6. The van der Waals surface area contributed by atoms with Crippen molar-refractivity contribution < 1.29 is 9.53 Å². The van der Waals surface area contributed by atoms with Crippen molar-refractivity contribution in [3.05, 3.63) is 0 Å². The first-order valence-corrected chi connectivity index (χ1v) is 5.57. The van der Waals surface area contributed by atoms with Gasteiger partial charge in [0, 0.05) is 5.92 Å². The number of hydrogen-bond acceptors (Lipinski definition) is 2. The van der Waals surface area contributed by atoms with E-state index in [1.807, 2.05) is 27.7 Å². The second-order valence-electron chi connectivity index (χ2n) is 4.59. The molecule has 0 saturated heterocycles. The summed E-state index contributed by atoms with van der Waals surface area (Å²) >= 11 is 0. The third kappa shape index (κ3) is 3.79. The lowest BCUT2D eigenvalue weighted by molar-refractivity contribution is -0.151. The molecule has 0 radical (unpaired) electrons. The second-order valence-corrected chi connectivity index (χ2v) is 4.59. The number of ketones is 1. The largest absolute Gasteiger partial charge is 0.365 e. The van der Waals surface area contributed by atoms with E-state index >= 15 is 0 Å². The lowest BCUT2D eigenvalue weighted by Crippen LogP contribution is -2.41. The molecule has 0 aliphatic carbocycles. The molecular weight excluding hydrogens is 176 g/mol. The Morgan fingerprint density at radius 2 is 1.64 bits per heavy atom. The number of carbonyl (C=O) groups excluding carboxylic acids is 1. The standard InChI is InChI=1S/C12H24O2/c1-7-10(8-2)14-12(5,6)11(13)9(3)4/h9-10H,7-8H2,1-6H3. The van der Waals surface area contributed by atoms with E-state index in [1.54, 1.807) is 0 Å². The maximum Gasteiger partial charge on any atom is 0.166 e. The van der Waals surface area contributed by atoms with Crippen LogP contribution in [0.15, 0.2) is 0 Å². The molecule has 0 unspecified atom stereocenters. The van der Waals surface area contributed by atoms with E-state index in [-0.39, 0.29) is 17.8 Å². The first-order valence-electron chi connectivity index (χ1n) is 5.57. The summed E-state index contributed by atoms with van der Waals surface area (Å²) in [6, 6.07) is 0. The van der Waals surface area contributed by atoms with Crippen LogP contribution in [-0.2, 0) is 9.53 Å². The number of hydrogen-bond donors (Lipinski definition) is 0. The monoisotopic (exact) mass is 200 g/mol. The van der Waals surface area contributed by atoms with Crippen LogP contribution in [0.3, 0.4) is 0 Å². The Labute approximate surface area is 88.0 Å². The lowest BCUT2D eigenvalue weighted by Gasteiger charge is -2.30. The van der Waals surface area contributed by atoms with Gasteiger partial charge in [-0.2, -0.15) is 0 Å². The fourth-order valence-corrected chi connectivity index (χ4v) is 1.63. The first-order chi connectivity index (χ1) is 6.35. The molecule has 0 bridgehead atoms. The average molecular weight is 200 g/mol. The third-order valence-electron chi connectivity index (χ3n) is 2.49.